The summed E-state index contributed by atoms with van der Waals surface area (Å²) in [7, 11) is 0. The summed E-state index contributed by atoms with van der Waals surface area (Å²) in [5.74, 6) is 0.114. The van der Waals surface area contributed by atoms with Gasteiger partial charge in [-0.1, -0.05) is 55.3 Å². The van der Waals surface area contributed by atoms with E-state index in [-0.39, 0.29) is 0 Å². The van der Waals surface area contributed by atoms with Crippen molar-refractivity contribution in [1.29, 1.82) is 0 Å². The molecule has 0 unspecified atom stereocenters. The Balaban J connectivity index is 1.79. The van der Waals surface area contributed by atoms with Crippen LogP contribution in [0.4, 0.5) is 0 Å². The summed E-state index contributed by atoms with van der Waals surface area (Å²) in [6.07, 6.45) is 3.42. The van der Waals surface area contributed by atoms with Gasteiger partial charge in [0.15, 0.2) is 0 Å². The molecule has 3 heteroatoms. The molecule has 1 saturated carbocycles. The van der Waals surface area contributed by atoms with Gasteiger partial charge in [-0.15, -0.1) is 0 Å². The topological polar surface area (TPSA) is 46.5 Å². The molecule has 0 saturated heterocycles. The van der Waals surface area contributed by atoms with Gasteiger partial charge in [0.1, 0.15) is 12.4 Å². The van der Waals surface area contributed by atoms with Gasteiger partial charge in [0, 0.05) is 0 Å². The predicted octanol–water partition coefficient (Wildman–Crippen LogP) is 4.47. The summed E-state index contributed by atoms with van der Waals surface area (Å²) in [5, 5.41) is 9.70. The van der Waals surface area contributed by atoms with Gasteiger partial charge in [-0.25, -0.2) is 0 Å². The monoisotopic (exact) mass is 310 g/mol. The second-order valence-corrected chi connectivity index (χ2v) is 6.35. The molecule has 0 bridgehead atoms. The molecule has 120 valence electrons. The number of aryl methyl sites for hydroxylation is 1. The first kappa shape index (κ1) is 15.6. The number of aliphatic carboxylic acids is 1. The zero-order valence-corrected chi connectivity index (χ0v) is 13.4. The highest BCUT2D eigenvalue weighted by molar-refractivity contribution is 5.82. The molecule has 1 fully saturated rings. The average Bonchev–Trinajstić information content (AvgIpc) is 3.06. The van der Waals surface area contributed by atoms with E-state index >= 15 is 0 Å². The van der Waals surface area contributed by atoms with E-state index in [9.17, 15) is 9.90 Å². The zero-order valence-electron chi connectivity index (χ0n) is 13.4. The number of carboxylic acid groups (broad SMARTS) is 1. The van der Waals surface area contributed by atoms with Crippen molar-refractivity contribution in [2.45, 2.75) is 44.6 Å². The van der Waals surface area contributed by atoms with E-state index in [2.05, 4.69) is 0 Å². The summed E-state index contributed by atoms with van der Waals surface area (Å²) < 4.78 is 5.89. The molecule has 0 spiro atoms. The van der Waals surface area contributed by atoms with Gasteiger partial charge in [0.25, 0.3) is 0 Å². The van der Waals surface area contributed by atoms with Crippen LogP contribution in [0.3, 0.4) is 0 Å². The molecule has 0 atom stereocenters. The Morgan fingerprint density at radius 1 is 1.13 bits per heavy atom. The van der Waals surface area contributed by atoms with Crippen LogP contribution in [0, 0.1) is 6.92 Å². The quantitative estimate of drug-likeness (QED) is 0.886. The van der Waals surface area contributed by atoms with Crippen LogP contribution in [0.25, 0.3) is 0 Å². The molecule has 3 rings (SSSR count). The highest BCUT2D eigenvalue weighted by Crippen LogP contribution is 2.42. The van der Waals surface area contributed by atoms with Gasteiger partial charge in [0.05, 0.1) is 5.41 Å². The Labute approximate surface area is 136 Å². The van der Waals surface area contributed by atoms with E-state index in [1.54, 1.807) is 0 Å². The van der Waals surface area contributed by atoms with Crippen molar-refractivity contribution in [2.24, 2.45) is 0 Å². The summed E-state index contributed by atoms with van der Waals surface area (Å²) in [6, 6.07) is 15.8. The predicted molar refractivity (Wildman–Crippen MR) is 89.7 cm³/mol. The van der Waals surface area contributed by atoms with Crippen molar-refractivity contribution >= 4 is 5.97 Å². The molecular weight excluding hydrogens is 288 g/mol. The Morgan fingerprint density at radius 3 is 2.43 bits per heavy atom. The standard InChI is InChI=1S/C20H22O3/c1-15-13-17(20(19(21)22)11-5-6-12-20)9-10-18(15)23-14-16-7-3-2-4-8-16/h2-4,7-10,13H,5-6,11-12,14H2,1H3,(H,21,22). The maximum absolute atomic E-state index is 11.8. The minimum Gasteiger partial charge on any atom is -0.489 e. The number of hydrogen-bond acceptors (Lipinski definition) is 2. The third kappa shape index (κ3) is 3.09. The number of benzene rings is 2. The zero-order chi connectivity index (χ0) is 16.3. The lowest BCUT2D eigenvalue weighted by atomic mass is 9.78. The van der Waals surface area contributed by atoms with E-state index in [1.807, 2.05) is 55.5 Å². The highest BCUT2D eigenvalue weighted by atomic mass is 16.5. The third-order valence-electron chi connectivity index (χ3n) is 4.83. The van der Waals surface area contributed by atoms with Crippen LogP contribution in [0.2, 0.25) is 0 Å². The number of rotatable bonds is 5. The normalized spacial score (nSPS) is 16.2. The third-order valence-corrected chi connectivity index (χ3v) is 4.83. The summed E-state index contributed by atoms with van der Waals surface area (Å²) in [5.41, 5.74) is 2.31. The molecule has 0 aromatic heterocycles. The molecule has 1 aliphatic carbocycles. The van der Waals surface area contributed by atoms with Gasteiger partial charge in [-0.05, 0) is 42.5 Å². The summed E-state index contributed by atoms with van der Waals surface area (Å²) in [4.78, 5) is 11.8. The van der Waals surface area contributed by atoms with E-state index in [0.717, 1.165) is 48.1 Å². The first-order valence-electron chi connectivity index (χ1n) is 8.13. The Hall–Kier alpha value is -2.29. The first-order chi connectivity index (χ1) is 11.1. The maximum Gasteiger partial charge on any atom is 0.314 e. The fourth-order valence-corrected chi connectivity index (χ4v) is 3.45. The Kier molecular flexibility index (Phi) is 4.37. The molecule has 0 aliphatic heterocycles. The SMILES string of the molecule is Cc1cc(C2(C(=O)O)CCCC2)ccc1OCc1ccccc1. The van der Waals surface area contributed by atoms with Crippen molar-refractivity contribution < 1.29 is 14.6 Å². The molecule has 0 amide bonds. The van der Waals surface area contributed by atoms with E-state index in [4.69, 9.17) is 4.74 Å². The summed E-state index contributed by atoms with van der Waals surface area (Å²) in [6.45, 7) is 2.50. The fraction of sp³-hybridized carbons (Fsp3) is 0.350. The van der Waals surface area contributed by atoms with Crippen molar-refractivity contribution in [2.75, 3.05) is 0 Å². The van der Waals surface area contributed by atoms with Crippen LogP contribution in [0.15, 0.2) is 48.5 Å². The summed E-state index contributed by atoms with van der Waals surface area (Å²) >= 11 is 0. The lowest BCUT2D eigenvalue weighted by molar-refractivity contribution is -0.143. The number of ether oxygens (including phenoxy) is 1. The lowest BCUT2D eigenvalue weighted by Gasteiger charge is -2.25. The number of hydrogen-bond donors (Lipinski definition) is 1. The molecule has 1 aliphatic rings. The van der Waals surface area contributed by atoms with Crippen LogP contribution >= 0.6 is 0 Å². The highest BCUT2D eigenvalue weighted by Gasteiger charge is 2.42. The molecule has 23 heavy (non-hydrogen) atoms. The Morgan fingerprint density at radius 2 is 1.83 bits per heavy atom. The Bertz CT molecular complexity index is 685. The van der Waals surface area contributed by atoms with E-state index in [1.165, 1.54) is 0 Å². The maximum atomic E-state index is 11.8. The van der Waals surface area contributed by atoms with Crippen molar-refractivity contribution in [3.8, 4) is 5.75 Å². The van der Waals surface area contributed by atoms with Gasteiger partial charge in [-0.2, -0.15) is 0 Å². The van der Waals surface area contributed by atoms with E-state index in [0.29, 0.717) is 6.61 Å². The fourth-order valence-electron chi connectivity index (χ4n) is 3.45. The molecule has 1 N–H and O–H groups in total. The van der Waals surface area contributed by atoms with Crippen LogP contribution in [-0.4, -0.2) is 11.1 Å². The minimum absolute atomic E-state index is 0.519. The number of carbonyl (C=O) groups is 1. The molecule has 2 aromatic carbocycles. The molecular formula is C20H22O3. The molecule has 3 nitrogen and oxygen atoms in total. The van der Waals surface area contributed by atoms with Crippen LogP contribution in [0.1, 0.15) is 42.4 Å². The molecule has 2 aromatic rings. The second kappa shape index (κ2) is 6.45. The van der Waals surface area contributed by atoms with Crippen LogP contribution in [-0.2, 0) is 16.8 Å². The first-order valence-corrected chi connectivity index (χ1v) is 8.13. The van der Waals surface area contributed by atoms with E-state index < -0.39 is 11.4 Å². The lowest BCUT2D eigenvalue weighted by Crippen LogP contribution is -2.32. The number of carboxylic acids is 1. The van der Waals surface area contributed by atoms with Crippen molar-refractivity contribution in [3.05, 3.63) is 65.2 Å². The minimum atomic E-state index is -0.706. The van der Waals surface area contributed by atoms with Crippen molar-refractivity contribution in [3.63, 3.8) is 0 Å². The molecule has 0 radical (unpaired) electrons. The largest absolute Gasteiger partial charge is 0.489 e. The van der Waals surface area contributed by atoms with Crippen LogP contribution in [0.5, 0.6) is 5.75 Å². The van der Waals surface area contributed by atoms with Gasteiger partial charge < -0.3 is 9.84 Å². The van der Waals surface area contributed by atoms with Gasteiger partial charge in [0.2, 0.25) is 0 Å². The molecule has 0 heterocycles. The smallest absolute Gasteiger partial charge is 0.314 e. The average molecular weight is 310 g/mol. The van der Waals surface area contributed by atoms with Crippen LogP contribution < -0.4 is 4.74 Å². The van der Waals surface area contributed by atoms with Gasteiger partial charge in [-0.3, -0.25) is 4.79 Å². The second-order valence-electron chi connectivity index (χ2n) is 6.35. The van der Waals surface area contributed by atoms with Crippen molar-refractivity contribution in [1.82, 2.24) is 0 Å². The van der Waals surface area contributed by atoms with Gasteiger partial charge >= 0.3 is 5.97 Å².